The fraction of sp³-hybridized carbons (Fsp3) is 0.385. The van der Waals surface area contributed by atoms with Crippen LogP contribution in [0.2, 0.25) is 0 Å². The van der Waals surface area contributed by atoms with Crippen LogP contribution in [0, 0.1) is 0 Å². The number of carbonyl (C=O) groups is 2. The Hall–Kier alpha value is -3.28. The Morgan fingerprint density at radius 1 is 1.03 bits per heavy atom. The summed E-state index contributed by atoms with van der Waals surface area (Å²) in [7, 11) is 0. The summed E-state index contributed by atoms with van der Waals surface area (Å²) < 4.78 is 7.53. The summed E-state index contributed by atoms with van der Waals surface area (Å²) in [4.78, 5) is 29.1. The molecule has 0 spiro atoms. The van der Waals surface area contributed by atoms with Gasteiger partial charge in [-0.25, -0.2) is 0 Å². The molecule has 0 saturated heterocycles. The zero-order valence-electron chi connectivity index (χ0n) is 18.4. The molecule has 1 aliphatic heterocycles. The van der Waals surface area contributed by atoms with Gasteiger partial charge in [-0.15, -0.1) is 0 Å². The predicted molar refractivity (Wildman–Crippen MR) is 122 cm³/mol. The molecule has 2 aliphatic rings. The number of hydrogen-bond donors (Lipinski definition) is 1. The number of furan rings is 1. The molecule has 6 nitrogen and oxygen atoms in total. The van der Waals surface area contributed by atoms with Crippen LogP contribution in [0.25, 0.3) is 11.3 Å². The fourth-order valence-electron chi connectivity index (χ4n) is 5.03. The number of benzene rings is 1. The molecule has 1 fully saturated rings. The minimum absolute atomic E-state index is 0.0948. The van der Waals surface area contributed by atoms with Crippen LogP contribution in [-0.2, 0) is 17.9 Å². The van der Waals surface area contributed by atoms with Crippen molar-refractivity contribution >= 4 is 11.8 Å². The van der Waals surface area contributed by atoms with E-state index in [1.54, 1.807) is 17.2 Å². The molecule has 1 saturated carbocycles. The molecule has 1 aliphatic carbocycles. The van der Waals surface area contributed by atoms with E-state index in [0.717, 1.165) is 36.9 Å². The molecule has 1 aromatic carbocycles. The third-order valence-electron chi connectivity index (χ3n) is 6.90. The second-order valence-electron chi connectivity index (χ2n) is 9.11. The fourth-order valence-corrected chi connectivity index (χ4v) is 5.03. The first-order chi connectivity index (χ1) is 15.6. The van der Waals surface area contributed by atoms with Gasteiger partial charge < -0.3 is 19.2 Å². The zero-order chi connectivity index (χ0) is 22.1. The van der Waals surface area contributed by atoms with E-state index in [4.69, 9.17) is 4.42 Å². The molecule has 5 rings (SSSR count). The average molecular weight is 432 g/mol. The first-order valence-corrected chi connectivity index (χ1v) is 11.5. The molecule has 3 heterocycles. The van der Waals surface area contributed by atoms with Crippen molar-refractivity contribution in [2.24, 2.45) is 0 Å². The lowest BCUT2D eigenvalue weighted by Crippen LogP contribution is -2.64. The molecule has 0 bridgehead atoms. The van der Waals surface area contributed by atoms with Gasteiger partial charge in [0.1, 0.15) is 17.0 Å². The lowest BCUT2D eigenvalue weighted by Gasteiger charge is -2.44. The zero-order valence-corrected chi connectivity index (χ0v) is 18.4. The van der Waals surface area contributed by atoms with E-state index < -0.39 is 5.54 Å². The van der Waals surface area contributed by atoms with E-state index in [0.29, 0.717) is 18.0 Å². The summed E-state index contributed by atoms with van der Waals surface area (Å²) in [6.07, 6.45) is 7.09. The first kappa shape index (κ1) is 20.6. The van der Waals surface area contributed by atoms with Crippen molar-refractivity contribution in [1.82, 2.24) is 14.8 Å². The third kappa shape index (κ3) is 3.64. The van der Waals surface area contributed by atoms with Crippen molar-refractivity contribution < 1.29 is 14.0 Å². The van der Waals surface area contributed by atoms with Gasteiger partial charge in [0.05, 0.1) is 19.4 Å². The largest absolute Gasteiger partial charge is 0.467 e. The van der Waals surface area contributed by atoms with Crippen molar-refractivity contribution in [3.05, 3.63) is 72.3 Å². The predicted octanol–water partition coefficient (Wildman–Crippen LogP) is 4.61. The molecule has 2 aromatic heterocycles. The molecule has 32 heavy (non-hydrogen) atoms. The van der Waals surface area contributed by atoms with Crippen molar-refractivity contribution in [1.29, 1.82) is 0 Å². The Morgan fingerprint density at radius 3 is 2.50 bits per heavy atom. The molecular formula is C26H29N3O3. The van der Waals surface area contributed by atoms with Crippen LogP contribution in [0.4, 0.5) is 0 Å². The number of aromatic nitrogens is 1. The van der Waals surface area contributed by atoms with Gasteiger partial charge in [-0.2, -0.15) is 0 Å². The molecular weight excluding hydrogens is 402 g/mol. The van der Waals surface area contributed by atoms with Crippen LogP contribution in [0.1, 0.15) is 55.3 Å². The molecule has 2 amide bonds. The summed E-state index contributed by atoms with van der Waals surface area (Å²) >= 11 is 0. The summed E-state index contributed by atoms with van der Waals surface area (Å²) in [5, 5.41) is 3.26. The summed E-state index contributed by atoms with van der Waals surface area (Å²) in [5.74, 6) is 0.414. The highest BCUT2D eigenvalue weighted by atomic mass is 16.3. The Labute approximate surface area is 188 Å². The monoisotopic (exact) mass is 431 g/mol. The van der Waals surface area contributed by atoms with Crippen LogP contribution in [0.5, 0.6) is 0 Å². The van der Waals surface area contributed by atoms with Gasteiger partial charge in [0.15, 0.2) is 0 Å². The van der Waals surface area contributed by atoms with E-state index in [-0.39, 0.29) is 24.4 Å². The molecule has 0 radical (unpaired) electrons. The van der Waals surface area contributed by atoms with Crippen molar-refractivity contribution in [2.45, 2.75) is 63.7 Å². The molecule has 3 aromatic rings. The highest BCUT2D eigenvalue weighted by Gasteiger charge is 2.48. The lowest BCUT2D eigenvalue weighted by atomic mass is 9.91. The number of carbonyl (C=O) groups excluding carboxylic acids is 2. The number of rotatable bonds is 5. The molecule has 1 N–H and O–H groups in total. The van der Waals surface area contributed by atoms with Crippen LogP contribution in [-0.4, -0.2) is 32.9 Å². The summed E-state index contributed by atoms with van der Waals surface area (Å²) in [6, 6.07) is 17.7. The van der Waals surface area contributed by atoms with E-state index in [1.807, 2.05) is 60.0 Å². The van der Waals surface area contributed by atoms with Gasteiger partial charge in [-0.3, -0.25) is 9.59 Å². The summed E-state index contributed by atoms with van der Waals surface area (Å²) in [6.45, 7) is 2.53. The van der Waals surface area contributed by atoms with Gasteiger partial charge in [-0.05, 0) is 49.6 Å². The standard InChI is InChI=1S/C26H29N3O3/c1-26(25(31)27-20-11-6-3-7-12-20)18-28-22(19-9-4-2-5-10-19)14-15-23(28)24(30)29(26)17-21-13-8-16-32-21/h2,4-5,8-10,13-16,20H,3,6-7,11-12,17-18H2,1H3,(H,27,31)/t26-/m0/s1. The quantitative estimate of drug-likeness (QED) is 0.641. The van der Waals surface area contributed by atoms with Gasteiger partial charge in [0, 0.05) is 11.7 Å². The second-order valence-corrected chi connectivity index (χ2v) is 9.11. The third-order valence-corrected chi connectivity index (χ3v) is 6.90. The van der Waals surface area contributed by atoms with Gasteiger partial charge in [0.2, 0.25) is 5.91 Å². The number of nitrogens with one attached hydrogen (secondary N) is 1. The van der Waals surface area contributed by atoms with E-state index in [9.17, 15) is 9.59 Å². The Balaban J connectivity index is 1.53. The Kier molecular flexibility index (Phi) is 5.37. The topological polar surface area (TPSA) is 67.5 Å². The van der Waals surface area contributed by atoms with Crippen molar-refractivity contribution in [3.8, 4) is 11.3 Å². The second kappa shape index (κ2) is 8.34. The SMILES string of the molecule is C[C@@]1(C(=O)NC2CCCCC2)Cn2c(ccc2-c2ccccc2)C(=O)N1Cc1ccco1. The molecule has 1 atom stereocenters. The van der Waals surface area contributed by atoms with Gasteiger partial charge >= 0.3 is 0 Å². The average Bonchev–Trinajstić information content (AvgIpc) is 3.48. The minimum Gasteiger partial charge on any atom is -0.467 e. The minimum atomic E-state index is -1.03. The smallest absolute Gasteiger partial charge is 0.271 e. The lowest BCUT2D eigenvalue weighted by molar-refractivity contribution is -0.134. The van der Waals surface area contributed by atoms with Gasteiger partial charge in [0.25, 0.3) is 5.91 Å². The molecule has 166 valence electrons. The van der Waals surface area contributed by atoms with Crippen LogP contribution < -0.4 is 5.32 Å². The number of nitrogens with zero attached hydrogens (tertiary/aromatic N) is 2. The van der Waals surface area contributed by atoms with Crippen LogP contribution in [0.3, 0.4) is 0 Å². The highest BCUT2D eigenvalue weighted by molar-refractivity contribution is 6.00. The number of amides is 2. The molecule has 0 unspecified atom stereocenters. The van der Waals surface area contributed by atoms with Crippen LogP contribution >= 0.6 is 0 Å². The Morgan fingerprint density at radius 2 is 1.78 bits per heavy atom. The normalized spacial score (nSPS) is 21.4. The molecule has 6 heteroatoms. The van der Waals surface area contributed by atoms with Crippen LogP contribution in [0.15, 0.2) is 65.3 Å². The van der Waals surface area contributed by atoms with E-state index in [1.165, 1.54) is 6.42 Å². The maximum atomic E-state index is 13.7. The van der Waals surface area contributed by atoms with E-state index >= 15 is 0 Å². The van der Waals surface area contributed by atoms with E-state index in [2.05, 4.69) is 5.32 Å². The van der Waals surface area contributed by atoms with Crippen molar-refractivity contribution in [3.63, 3.8) is 0 Å². The maximum Gasteiger partial charge on any atom is 0.271 e. The number of hydrogen-bond acceptors (Lipinski definition) is 3. The Bertz CT molecular complexity index is 1100. The summed E-state index contributed by atoms with van der Waals surface area (Å²) in [5.41, 5.74) is 1.54. The number of fused-ring (bicyclic) bond motifs is 1. The van der Waals surface area contributed by atoms with Gasteiger partial charge in [-0.1, -0.05) is 49.6 Å². The first-order valence-electron chi connectivity index (χ1n) is 11.5. The van der Waals surface area contributed by atoms with Crippen molar-refractivity contribution in [2.75, 3.05) is 0 Å². The highest BCUT2D eigenvalue weighted by Crippen LogP contribution is 2.34. The maximum absolute atomic E-state index is 13.7.